The van der Waals surface area contributed by atoms with E-state index in [4.69, 9.17) is 15.0 Å². The molecule has 0 saturated heterocycles. The van der Waals surface area contributed by atoms with Crippen molar-refractivity contribution in [3.8, 4) is 62.0 Å². The summed E-state index contributed by atoms with van der Waals surface area (Å²) in [6, 6.07) is 72.7. The quantitative estimate of drug-likeness (QED) is 0.160. The molecule has 0 N–H and O–H groups in total. The van der Waals surface area contributed by atoms with E-state index in [0.717, 1.165) is 83.5 Å². The van der Waals surface area contributed by atoms with Gasteiger partial charge in [0.15, 0.2) is 5.82 Å². The van der Waals surface area contributed by atoms with Crippen molar-refractivity contribution >= 4 is 43.5 Å². The van der Waals surface area contributed by atoms with Crippen molar-refractivity contribution in [3.05, 3.63) is 206 Å². The second kappa shape index (κ2) is 13.6. The highest BCUT2D eigenvalue weighted by molar-refractivity contribution is 6.20. The molecule has 4 nitrogen and oxygen atoms in total. The molecule has 3 aromatic heterocycles. The molecular weight excluding hydrogens is 693 g/mol. The van der Waals surface area contributed by atoms with Crippen molar-refractivity contribution in [2.75, 3.05) is 0 Å². The molecule has 0 bridgehead atoms. The number of benzene rings is 8. The lowest BCUT2D eigenvalue weighted by Gasteiger charge is -2.12. The minimum Gasteiger partial charge on any atom is -0.309 e. The second-order valence-electron chi connectivity index (χ2n) is 14.4. The van der Waals surface area contributed by atoms with E-state index in [-0.39, 0.29) is 0 Å². The third kappa shape index (κ3) is 5.74. The van der Waals surface area contributed by atoms with Gasteiger partial charge in [-0.25, -0.2) is 15.0 Å². The molecule has 0 aliphatic rings. The van der Waals surface area contributed by atoms with E-state index in [1.165, 1.54) is 16.2 Å². The van der Waals surface area contributed by atoms with E-state index in [2.05, 4.69) is 187 Å². The molecule has 0 amide bonds. The van der Waals surface area contributed by atoms with Crippen LogP contribution in [0.15, 0.2) is 206 Å². The Balaban J connectivity index is 1.12. The fourth-order valence-corrected chi connectivity index (χ4v) is 8.24. The molecular formula is C53H34N4. The Morgan fingerprint density at radius 3 is 1.63 bits per heavy atom. The van der Waals surface area contributed by atoms with Gasteiger partial charge >= 0.3 is 0 Å². The SMILES string of the molecule is c1ccc(-c2cc(-c3cccc(-c4ccc5c6cc7c(-c8ccccc8)nc8ccccc8c7cc6n(-c6ccccc6)c5c4)c3)nc(-c3ccccc3)n2)cc1. The summed E-state index contributed by atoms with van der Waals surface area (Å²) in [6.07, 6.45) is 0. The number of pyridine rings is 1. The van der Waals surface area contributed by atoms with E-state index in [9.17, 15) is 0 Å². The highest BCUT2D eigenvalue weighted by Gasteiger charge is 2.19. The highest BCUT2D eigenvalue weighted by Crippen LogP contribution is 2.41. The van der Waals surface area contributed by atoms with Gasteiger partial charge in [-0.3, -0.25) is 0 Å². The third-order valence-electron chi connectivity index (χ3n) is 11.0. The molecule has 0 aliphatic carbocycles. The van der Waals surface area contributed by atoms with Crippen molar-refractivity contribution in [1.29, 1.82) is 0 Å². The van der Waals surface area contributed by atoms with Gasteiger partial charge in [-0.05, 0) is 65.0 Å². The van der Waals surface area contributed by atoms with Crippen molar-refractivity contribution in [1.82, 2.24) is 19.5 Å². The molecule has 8 aromatic carbocycles. The topological polar surface area (TPSA) is 43.6 Å². The highest BCUT2D eigenvalue weighted by atomic mass is 15.0. The second-order valence-corrected chi connectivity index (χ2v) is 14.4. The van der Waals surface area contributed by atoms with Crippen molar-refractivity contribution in [3.63, 3.8) is 0 Å². The summed E-state index contributed by atoms with van der Waals surface area (Å²) in [4.78, 5) is 15.4. The van der Waals surface area contributed by atoms with Gasteiger partial charge < -0.3 is 4.57 Å². The van der Waals surface area contributed by atoms with Gasteiger partial charge in [-0.1, -0.05) is 158 Å². The van der Waals surface area contributed by atoms with Crippen LogP contribution in [0.2, 0.25) is 0 Å². The van der Waals surface area contributed by atoms with Gasteiger partial charge in [-0.15, -0.1) is 0 Å². The van der Waals surface area contributed by atoms with Crippen LogP contribution in [-0.2, 0) is 0 Å². The molecule has 0 radical (unpaired) electrons. The molecule has 0 spiro atoms. The molecule has 0 saturated carbocycles. The van der Waals surface area contributed by atoms with Crippen molar-refractivity contribution < 1.29 is 0 Å². The van der Waals surface area contributed by atoms with Crippen LogP contribution in [0.1, 0.15) is 0 Å². The van der Waals surface area contributed by atoms with Gasteiger partial charge in [0.25, 0.3) is 0 Å². The summed E-state index contributed by atoms with van der Waals surface area (Å²) in [5.74, 6) is 0.706. The number of nitrogens with zero attached hydrogens (tertiary/aromatic N) is 4. The van der Waals surface area contributed by atoms with E-state index < -0.39 is 0 Å². The Bertz CT molecular complexity index is 3210. The van der Waals surface area contributed by atoms with Crippen LogP contribution >= 0.6 is 0 Å². The maximum absolute atomic E-state index is 5.24. The molecule has 11 aromatic rings. The minimum atomic E-state index is 0.706. The largest absolute Gasteiger partial charge is 0.309 e. The summed E-state index contributed by atoms with van der Waals surface area (Å²) in [5, 5.41) is 5.87. The van der Waals surface area contributed by atoms with E-state index in [1.807, 2.05) is 24.3 Å². The fourth-order valence-electron chi connectivity index (χ4n) is 8.24. The predicted octanol–water partition coefficient (Wildman–Crippen LogP) is 13.6. The van der Waals surface area contributed by atoms with E-state index in [1.54, 1.807) is 0 Å². The molecule has 57 heavy (non-hydrogen) atoms. The number of hydrogen-bond donors (Lipinski definition) is 0. The van der Waals surface area contributed by atoms with Gasteiger partial charge in [0, 0.05) is 49.5 Å². The Labute approximate surface area is 330 Å². The maximum Gasteiger partial charge on any atom is 0.160 e. The molecule has 4 heteroatoms. The summed E-state index contributed by atoms with van der Waals surface area (Å²) in [6.45, 7) is 0. The van der Waals surface area contributed by atoms with Crippen LogP contribution in [-0.4, -0.2) is 19.5 Å². The minimum absolute atomic E-state index is 0.706. The molecule has 11 rings (SSSR count). The molecule has 0 atom stereocenters. The van der Waals surface area contributed by atoms with Crippen LogP contribution in [0.5, 0.6) is 0 Å². The van der Waals surface area contributed by atoms with Crippen LogP contribution in [0.4, 0.5) is 0 Å². The summed E-state index contributed by atoms with van der Waals surface area (Å²) < 4.78 is 2.41. The Hall–Kier alpha value is -7.69. The van der Waals surface area contributed by atoms with Crippen LogP contribution < -0.4 is 0 Å². The molecule has 0 fully saturated rings. The first-order chi connectivity index (χ1) is 28.2. The van der Waals surface area contributed by atoms with E-state index in [0.29, 0.717) is 5.82 Å². The lowest BCUT2D eigenvalue weighted by molar-refractivity contribution is 1.18. The van der Waals surface area contributed by atoms with E-state index >= 15 is 0 Å². The lowest BCUT2D eigenvalue weighted by atomic mass is 9.97. The zero-order valence-corrected chi connectivity index (χ0v) is 30.9. The lowest BCUT2D eigenvalue weighted by Crippen LogP contribution is -1.96. The smallest absolute Gasteiger partial charge is 0.160 e. The van der Waals surface area contributed by atoms with Gasteiger partial charge in [0.05, 0.1) is 33.6 Å². The van der Waals surface area contributed by atoms with Crippen molar-refractivity contribution in [2.45, 2.75) is 0 Å². The molecule has 3 heterocycles. The number of aromatic nitrogens is 4. The average molecular weight is 727 g/mol. The molecule has 0 unspecified atom stereocenters. The summed E-state index contributed by atoms with van der Waals surface area (Å²) in [5.41, 5.74) is 13.6. The van der Waals surface area contributed by atoms with Crippen LogP contribution in [0.3, 0.4) is 0 Å². The Morgan fingerprint density at radius 2 is 0.877 bits per heavy atom. The Morgan fingerprint density at radius 1 is 0.298 bits per heavy atom. The monoisotopic (exact) mass is 726 g/mol. The number of hydrogen-bond acceptors (Lipinski definition) is 3. The predicted molar refractivity (Wildman–Crippen MR) is 236 cm³/mol. The number of para-hydroxylation sites is 2. The zero-order chi connectivity index (χ0) is 37.7. The van der Waals surface area contributed by atoms with Gasteiger partial charge in [-0.2, -0.15) is 0 Å². The third-order valence-corrected chi connectivity index (χ3v) is 11.0. The van der Waals surface area contributed by atoms with Crippen LogP contribution in [0.25, 0.3) is 105 Å². The van der Waals surface area contributed by atoms with Crippen LogP contribution in [0, 0.1) is 0 Å². The maximum atomic E-state index is 5.24. The standard InChI is InChI=1S/C53H34N4/c1-5-16-35(17-6-1)48-34-49(56-53(55-48)37-20-9-3-10-21-37)40-23-15-22-38(30-40)39-28-29-43-45-32-46-44(33-51(45)57(50(43)31-39)41-24-11-4-12-25-41)42-26-13-14-27-47(42)54-52(46)36-18-7-2-8-19-36/h1-34H. The summed E-state index contributed by atoms with van der Waals surface area (Å²) in [7, 11) is 0. The van der Waals surface area contributed by atoms with Gasteiger partial charge in [0.2, 0.25) is 0 Å². The first-order valence-electron chi connectivity index (χ1n) is 19.3. The normalized spacial score (nSPS) is 11.5. The first-order valence-corrected chi connectivity index (χ1v) is 19.3. The van der Waals surface area contributed by atoms with Crippen molar-refractivity contribution in [2.24, 2.45) is 0 Å². The summed E-state index contributed by atoms with van der Waals surface area (Å²) >= 11 is 0. The Kier molecular flexibility index (Phi) is 7.78. The van der Waals surface area contributed by atoms with Gasteiger partial charge in [0.1, 0.15) is 0 Å². The average Bonchev–Trinajstić information content (AvgIpc) is 3.61. The number of rotatable bonds is 6. The zero-order valence-electron chi connectivity index (χ0n) is 30.9. The number of fused-ring (bicyclic) bond motifs is 6. The first kappa shape index (κ1) is 32.7. The molecule has 0 aliphatic heterocycles. The molecule has 266 valence electrons. The fraction of sp³-hybridized carbons (Fsp3) is 0.